The lowest BCUT2D eigenvalue weighted by Crippen LogP contribution is -2.13. The van der Waals surface area contributed by atoms with Gasteiger partial charge in [-0.15, -0.1) is 11.3 Å². The topological polar surface area (TPSA) is 59.1 Å². The zero-order valence-electron chi connectivity index (χ0n) is 10.1. The van der Waals surface area contributed by atoms with Crippen molar-refractivity contribution in [2.45, 2.75) is 25.7 Å². The molecule has 2 heterocycles. The van der Waals surface area contributed by atoms with E-state index in [9.17, 15) is 9.59 Å². The number of amides is 1. The Hall–Kier alpha value is -1.53. The third-order valence-electron chi connectivity index (χ3n) is 2.93. The van der Waals surface area contributed by atoms with E-state index in [4.69, 9.17) is 0 Å². The molecule has 4 nitrogen and oxygen atoms in total. The second kappa shape index (κ2) is 5.22. The Morgan fingerprint density at radius 1 is 1.42 bits per heavy atom. The fourth-order valence-electron chi connectivity index (χ4n) is 2.06. The van der Waals surface area contributed by atoms with Crippen molar-refractivity contribution in [2.75, 3.05) is 5.32 Å². The van der Waals surface area contributed by atoms with E-state index < -0.39 is 0 Å². The molecule has 1 N–H and O–H groups in total. The van der Waals surface area contributed by atoms with Gasteiger partial charge in [-0.1, -0.05) is 17.4 Å². The molecule has 0 aromatic carbocycles. The summed E-state index contributed by atoms with van der Waals surface area (Å²) >= 11 is 2.85. The number of Topliss-reactive ketones (excluding diaryl/α,β-unsaturated/α-hetero) is 1. The quantitative estimate of drug-likeness (QED) is 0.946. The van der Waals surface area contributed by atoms with Crippen LogP contribution in [0.25, 0.3) is 0 Å². The molecule has 0 bridgehead atoms. The van der Waals surface area contributed by atoms with Crippen molar-refractivity contribution in [3.8, 4) is 0 Å². The van der Waals surface area contributed by atoms with Gasteiger partial charge in [-0.25, -0.2) is 4.98 Å². The average Bonchev–Trinajstić information content (AvgIpc) is 2.98. The number of hydrogen-bond acceptors (Lipinski definition) is 5. The van der Waals surface area contributed by atoms with Gasteiger partial charge >= 0.3 is 0 Å². The Labute approximate surface area is 118 Å². The lowest BCUT2D eigenvalue weighted by molar-refractivity contribution is -0.115. The van der Waals surface area contributed by atoms with Crippen LogP contribution in [-0.4, -0.2) is 16.7 Å². The standard InChI is InChI=1S/C13H12N2O2S2/c16-10-5-1-4-9-12(10)19-13(14-9)15-11(17)7-8-3-2-6-18-8/h2-3,6H,1,4-5,7H2,(H,14,15,17). The first kappa shape index (κ1) is 12.5. The number of anilines is 1. The second-order valence-electron chi connectivity index (χ2n) is 4.38. The summed E-state index contributed by atoms with van der Waals surface area (Å²) in [5.41, 5.74) is 0.840. The second-order valence-corrected chi connectivity index (χ2v) is 6.41. The Bertz CT molecular complexity index is 617. The predicted molar refractivity (Wildman–Crippen MR) is 76.0 cm³/mol. The molecule has 98 valence electrons. The number of carbonyl (C=O) groups is 2. The van der Waals surface area contributed by atoms with Crippen LogP contribution in [0.15, 0.2) is 17.5 Å². The Kier molecular flexibility index (Phi) is 3.44. The fourth-order valence-corrected chi connectivity index (χ4v) is 3.76. The Morgan fingerprint density at radius 2 is 2.32 bits per heavy atom. The van der Waals surface area contributed by atoms with Crippen molar-refractivity contribution in [3.05, 3.63) is 33.0 Å². The van der Waals surface area contributed by atoms with Crippen molar-refractivity contribution < 1.29 is 9.59 Å². The molecule has 3 rings (SSSR count). The summed E-state index contributed by atoms with van der Waals surface area (Å²) in [6.07, 6.45) is 2.64. The van der Waals surface area contributed by atoms with E-state index in [1.165, 1.54) is 11.3 Å². The first-order valence-electron chi connectivity index (χ1n) is 6.07. The van der Waals surface area contributed by atoms with Gasteiger partial charge in [0.1, 0.15) is 0 Å². The number of nitrogens with zero attached hydrogens (tertiary/aromatic N) is 1. The van der Waals surface area contributed by atoms with Crippen LogP contribution in [0.5, 0.6) is 0 Å². The first-order chi connectivity index (χ1) is 9.22. The Balaban J connectivity index is 1.70. The summed E-state index contributed by atoms with van der Waals surface area (Å²) in [5.74, 6) is 0.0681. The minimum Gasteiger partial charge on any atom is -0.302 e. The van der Waals surface area contributed by atoms with Gasteiger partial charge in [0.05, 0.1) is 17.0 Å². The van der Waals surface area contributed by atoms with Gasteiger partial charge in [0, 0.05) is 11.3 Å². The summed E-state index contributed by atoms with van der Waals surface area (Å²) < 4.78 is 0. The molecule has 2 aromatic rings. The largest absolute Gasteiger partial charge is 0.302 e. The van der Waals surface area contributed by atoms with Crippen molar-refractivity contribution in [1.82, 2.24) is 4.98 Å². The highest BCUT2D eigenvalue weighted by Gasteiger charge is 2.22. The monoisotopic (exact) mass is 292 g/mol. The smallest absolute Gasteiger partial charge is 0.231 e. The predicted octanol–water partition coefficient (Wildman–Crippen LogP) is 2.90. The highest BCUT2D eigenvalue weighted by molar-refractivity contribution is 7.17. The van der Waals surface area contributed by atoms with E-state index >= 15 is 0 Å². The SMILES string of the molecule is O=C(Cc1cccs1)Nc1nc2c(s1)C(=O)CCC2. The number of aromatic nitrogens is 1. The van der Waals surface area contributed by atoms with E-state index in [1.807, 2.05) is 17.5 Å². The van der Waals surface area contributed by atoms with Gasteiger partial charge in [0.15, 0.2) is 10.9 Å². The zero-order chi connectivity index (χ0) is 13.2. The third kappa shape index (κ3) is 2.74. The molecule has 0 unspecified atom stereocenters. The number of hydrogen-bond donors (Lipinski definition) is 1. The maximum Gasteiger partial charge on any atom is 0.231 e. The van der Waals surface area contributed by atoms with Crippen LogP contribution in [0.2, 0.25) is 0 Å². The fraction of sp³-hybridized carbons (Fsp3) is 0.308. The summed E-state index contributed by atoms with van der Waals surface area (Å²) in [6.45, 7) is 0. The normalized spacial score (nSPS) is 14.2. The molecule has 0 radical (unpaired) electrons. The van der Waals surface area contributed by atoms with Gasteiger partial charge in [-0.05, 0) is 24.3 Å². The minimum absolute atomic E-state index is 0.0824. The number of nitrogens with one attached hydrogen (secondary N) is 1. The number of carbonyl (C=O) groups excluding carboxylic acids is 2. The lowest BCUT2D eigenvalue weighted by Gasteiger charge is -2.05. The van der Waals surface area contributed by atoms with Gasteiger partial charge in [-0.2, -0.15) is 0 Å². The molecule has 6 heteroatoms. The number of thiazole rings is 1. The van der Waals surface area contributed by atoms with Gasteiger partial charge in [0.2, 0.25) is 5.91 Å². The van der Waals surface area contributed by atoms with Gasteiger partial charge in [0.25, 0.3) is 0 Å². The van der Waals surface area contributed by atoms with Crippen LogP contribution in [0.4, 0.5) is 5.13 Å². The molecular weight excluding hydrogens is 280 g/mol. The molecule has 0 saturated carbocycles. The van der Waals surface area contributed by atoms with Crippen LogP contribution in [-0.2, 0) is 17.6 Å². The molecule has 0 spiro atoms. The number of aryl methyl sites for hydroxylation is 1. The lowest BCUT2D eigenvalue weighted by atomic mass is 10.0. The molecule has 0 fully saturated rings. The third-order valence-corrected chi connectivity index (χ3v) is 4.86. The summed E-state index contributed by atoms with van der Waals surface area (Å²) in [5, 5.41) is 5.27. The molecular formula is C13H12N2O2S2. The summed E-state index contributed by atoms with van der Waals surface area (Å²) in [7, 11) is 0. The van der Waals surface area contributed by atoms with Gasteiger partial charge in [-0.3, -0.25) is 9.59 Å². The van der Waals surface area contributed by atoms with Crippen LogP contribution in [0.3, 0.4) is 0 Å². The average molecular weight is 292 g/mol. The molecule has 1 aliphatic rings. The van der Waals surface area contributed by atoms with E-state index in [2.05, 4.69) is 10.3 Å². The Morgan fingerprint density at radius 3 is 3.05 bits per heavy atom. The number of ketones is 1. The van der Waals surface area contributed by atoms with Crippen LogP contribution in [0.1, 0.15) is 33.1 Å². The maximum atomic E-state index is 11.9. The van der Waals surface area contributed by atoms with Crippen molar-refractivity contribution in [2.24, 2.45) is 0 Å². The highest BCUT2D eigenvalue weighted by atomic mass is 32.1. The van der Waals surface area contributed by atoms with Crippen LogP contribution < -0.4 is 5.32 Å². The number of fused-ring (bicyclic) bond motifs is 1. The van der Waals surface area contributed by atoms with Crippen molar-refractivity contribution >= 4 is 39.5 Å². The number of rotatable bonds is 3. The zero-order valence-corrected chi connectivity index (χ0v) is 11.8. The maximum absolute atomic E-state index is 11.9. The van der Waals surface area contributed by atoms with E-state index in [0.29, 0.717) is 18.0 Å². The summed E-state index contributed by atoms with van der Waals surface area (Å²) in [4.78, 5) is 29.6. The van der Waals surface area contributed by atoms with Gasteiger partial charge < -0.3 is 5.32 Å². The van der Waals surface area contributed by atoms with Crippen molar-refractivity contribution in [3.63, 3.8) is 0 Å². The van der Waals surface area contributed by atoms with E-state index in [-0.39, 0.29) is 11.7 Å². The highest BCUT2D eigenvalue weighted by Crippen LogP contribution is 2.29. The van der Waals surface area contributed by atoms with Crippen LogP contribution in [0, 0.1) is 0 Å². The molecule has 19 heavy (non-hydrogen) atoms. The molecule has 1 aliphatic carbocycles. The molecule has 1 amide bonds. The van der Waals surface area contributed by atoms with E-state index in [0.717, 1.165) is 28.3 Å². The number of thiophene rings is 1. The first-order valence-corrected chi connectivity index (χ1v) is 7.77. The van der Waals surface area contributed by atoms with Crippen molar-refractivity contribution in [1.29, 1.82) is 0 Å². The molecule has 0 aliphatic heterocycles. The van der Waals surface area contributed by atoms with Crippen LogP contribution >= 0.6 is 22.7 Å². The van der Waals surface area contributed by atoms with E-state index in [1.54, 1.807) is 11.3 Å². The molecule has 0 saturated heterocycles. The summed E-state index contributed by atoms with van der Waals surface area (Å²) in [6, 6.07) is 3.86. The molecule has 0 atom stereocenters. The minimum atomic E-state index is -0.0824. The molecule has 2 aromatic heterocycles.